The number of pyridine rings is 1. The number of aromatic nitrogens is 1. The molecule has 0 saturated carbocycles. The first kappa shape index (κ1) is 20.9. The van der Waals surface area contributed by atoms with E-state index < -0.39 is 5.41 Å². The number of rotatable bonds is 5. The van der Waals surface area contributed by atoms with Crippen molar-refractivity contribution >= 4 is 35.0 Å². The van der Waals surface area contributed by atoms with E-state index in [2.05, 4.69) is 10.3 Å². The predicted molar refractivity (Wildman–Crippen MR) is 114 cm³/mol. The fourth-order valence-corrected chi connectivity index (χ4v) is 3.47. The van der Waals surface area contributed by atoms with Crippen LogP contribution in [0.2, 0.25) is 5.02 Å². The number of esters is 1. The molecule has 0 atom stereocenters. The zero-order valence-electron chi connectivity index (χ0n) is 16.7. The number of benzene rings is 1. The summed E-state index contributed by atoms with van der Waals surface area (Å²) in [5, 5.41) is 3.52. The molecular formula is C22H24ClN3O3. The van der Waals surface area contributed by atoms with E-state index in [0.717, 1.165) is 17.0 Å². The molecule has 1 aromatic carbocycles. The number of halogens is 1. The van der Waals surface area contributed by atoms with Crippen molar-refractivity contribution in [3.8, 4) is 0 Å². The average Bonchev–Trinajstić information content (AvgIpc) is 2.74. The lowest BCUT2D eigenvalue weighted by molar-refractivity contribution is -0.146. The maximum absolute atomic E-state index is 12.6. The van der Waals surface area contributed by atoms with Gasteiger partial charge >= 0.3 is 5.97 Å². The van der Waals surface area contributed by atoms with Gasteiger partial charge in [-0.15, -0.1) is 0 Å². The molecule has 2 heterocycles. The summed E-state index contributed by atoms with van der Waals surface area (Å²) in [6.07, 6.45) is 4.21. The zero-order valence-corrected chi connectivity index (χ0v) is 17.5. The van der Waals surface area contributed by atoms with Gasteiger partial charge in [0, 0.05) is 30.5 Å². The van der Waals surface area contributed by atoms with E-state index in [1.165, 1.54) is 7.11 Å². The Bertz CT molecular complexity index is 939. The third-order valence-corrected chi connectivity index (χ3v) is 5.39. The number of nitrogens with one attached hydrogen (secondary N) is 1. The molecule has 0 fully saturated rings. The Morgan fingerprint density at radius 3 is 2.52 bits per heavy atom. The maximum atomic E-state index is 12.6. The van der Waals surface area contributed by atoms with Crippen LogP contribution in [0.4, 0.5) is 11.5 Å². The Labute approximate surface area is 175 Å². The van der Waals surface area contributed by atoms with Crippen molar-refractivity contribution in [2.45, 2.75) is 25.7 Å². The molecule has 152 valence electrons. The lowest BCUT2D eigenvalue weighted by Gasteiger charge is -2.27. The number of nitrogens with zero attached hydrogens (tertiary/aromatic N) is 2. The quantitative estimate of drug-likeness (QED) is 0.751. The molecule has 0 radical (unpaired) electrons. The third-order valence-electron chi connectivity index (χ3n) is 5.10. The molecule has 1 aromatic heterocycles. The fourth-order valence-electron chi connectivity index (χ4n) is 3.23. The van der Waals surface area contributed by atoms with Gasteiger partial charge < -0.3 is 15.0 Å². The monoisotopic (exact) mass is 413 g/mol. The molecule has 0 saturated heterocycles. The summed E-state index contributed by atoms with van der Waals surface area (Å²) in [5.41, 5.74) is 1.48. The van der Waals surface area contributed by atoms with Crippen LogP contribution in [0.25, 0.3) is 0 Å². The highest BCUT2D eigenvalue weighted by atomic mass is 35.5. The van der Waals surface area contributed by atoms with E-state index >= 15 is 0 Å². The number of amides is 1. The van der Waals surface area contributed by atoms with Gasteiger partial charge in [0.2, 0.25) is 0 Å². The van der Waals surface area contributed by atoms with Crippen LogP contribution < -0.4 is 10.2 Å². The highest BCUT2D eigenvalue weighted by Crippen LogP contribution is 2.27. The highest BCUT2D eigenvalue weighted by Gasteiger charge is 2.30. The van der Waals surface area contributed by atoms with Gasteiger partial charge in [0.25, 0.3) is 5.91 Å². The second-order valence-electron chi connectivity index (χ2n) is 7.38. The van der Waals surface area contributed by atoms with Crippen LogP contribution in [-0.4, -0.2) is 37.1 Å². The van der Waals surface area contributed by atoms with Crippen molar-refractivity contribution in [1.29, 1.82) is 0 Å². The summed E-state index contributed by atoms with van der Waals surface area (Å²) in [6.45, 7) is 4.85. The molecule has 1 aliphatic heterocycles. The first-order valence-corrected chi connectivity index (χ1v) is 9.75. The molecule has 3 rings (SSSR count). The van der Waals surface area contributed by atoms with Crippen molar-refractivity contribution in [1.82, 2.24) is 4.98 Å². The average molecular weight is 414 g/mol. The molecule has 6 nitrogen and oxygen atoms in total. The molecule has 1 N–H and O–H groups in total. The Hall–Kier alpha value is -2.86. The number of ether oxygens (including phenoxy) is 1. The summed E-state index contributed by atoms with van der Waals surface area (Å²) < 4.78 is 4.86. The first-order chi connectivity index (χ1) is 13.8. The number of methoxy groups -OCH3 is 1. The van der Waals surface area contributed by atoms with E-state index in [1.54, 1.807) is 44.3 Å². The highest BCUT2D eigenvalue weighted by molar-refractivity contribution is 6.32. The van der Waals surface area contributed by atoms with Gasteiger partial charge in [0.15, 0.2) is 0 Å². The van der Waals surface area contributed by atoms with Crippen LogP contribution in [0.5, 0.6) is 0 Å². The number of hydrogen-bond donors (Lipinski definition) is 1. The number of carbonyl (C=O) groups excluding carboxylic acids is 2. The zero-order chi connectivity index (χ0) is 21.0. The Balaban J connectivity index is 1.64. The van der Waals surface area contributed by atoms with Gasteiger partial charge in [0.05, 0.1) is 17.5 Å². The van der Waals surface area contributed by atoms with Gasteiger partial charge in [-0.3, -0.25) is 9.59 Å². The molecule has 0 spiro atoms. The van der Waals surface area contributed by atoms with E-state index in [9.17, 15) is 9.59 Å². The van der Waals surface area contributed by atoms with Crippen molar-refractivity contribution in [2.24, 2.45) is 0 Å². The molecule has 0 unspecified atom stereocenters. The first-order valence-electron chi connectivity index (χ1n) is 9.37. The van der Waals surface area contributed by atoms with Gasteiger partial charge in [-0.2, -0.15) is 0 Å². The standard InChI is InChI=1S/C22H24ClN3O3/c1-22(2,21(28)29-3)16-6-8-17(9-7-16)25-20(27)15-10-13-26(14-11-15)19-18(23)5-4-12-24-19/h4-10,12H,11,13-14H2,1-3H3,(H,25,27). The third kappa shape index (κ3) is 4.59. The lowest BCUT2D eigenvalue weighted by atomic mass is 9.85. The molecule has 1 aliphatic rings. The van der Waals surface area contributed by atoms with Crippen molar-refractivity contribution in [2.75, 3.05) is 30.4 Å². The van der Waals surface area contributed by atoms with Gasteiger partial charge in [-0.1, -0.05) is 29.8 Å². The summed E-state index contributed by atoms with van der Waals surface area (Å²) in [4.78, 5) is 30.9. The summed E-state index contributed by atoms with van der Waals surface area (Å²) in [6, 6.07) is 10.8. The number of anilines is 2. The van der Waals surface area contributed by atoms with Crippen LogP contribution >= 0.6 is 11.6 Å². The number of carbonyl (C=O) groups is 2. The van der Waals surface area contributed by atoms with E-state index in [4.69, 9.17) is 16.3 Å². The topological polar surface area (TPSA) is 71.5 Å². The second-order valence-corrected chi connectivity index (χ2v) is 7.79. The van der Waals surface area contributed by atoms with Crippen molar-refractivity contribution < 1.29 is 14.3 Å². The summed E-state index contributed by atoms with van der Waals surface area (Å²) in [5.74, 6) is 0.296. The predicted octanol–water partition coefficient (Wildman–Crippen LogP) is 3.96. The van der Waals surface area contributed by atoms with Gasteiger partial charge in [0.1, 0.15) is 5.82 Å². The van der Waals surface area contributed by atoms with Crippen molar-refractivity contribution in [3.05, 3.63) is 64.8 Å². The molecule has 29 heavy (non-hydrogen) atoms. The molecule has 2 aromatic rings. The largest absolute Gasteiger partial charge is 0.468 e. The Morgan fingerprint density at radius 1 is 1.21 bits per heavy atom. The molecule has 7 heteroatoms. The minimum absolute atomic E-state index is 0.128. The van der Waals surface area contributed by atoms with E-state index in [0.29, 0.717) is 30.2 Å². The minimum atomic E-state index is -0.751. The van der Waals surface area contributed by atoms with Gasteiger partial charge in [-0.25, -0.2) is 4.98 Å². The summed E-state index contributed by atoms with van der Waals surface area (Å²) >= 11 is 6.20. The lowest BCUT2D eigenvalue weighted by Crippen LogP contribution is -2.32. The summed E-state index contributed by atoms with van der Waals surface area (Å²) in [7, 11) is 1.37. The fraction of sp³-hybridized carbons (Fsp3) is 0.318. The SMILES string of the molecule is COC(=O)C(C)(C)c1ccc(NC(=O)C2=CCN(c3ncccc3Cl)CC2)cc1. The molecular weight excluding hydrogens is 390 g/mol. The molecule has 0 aliphatic carbocycles. The normalized spacial score (nSPS) is 14.2. The van der Waals surface area contributed by atoms with Crippen LogP contribution in [0.15, 0.2) is 54.2 Å². The van der Waals surface area contributed by atoms with Crippen LogP contribution in [0.3, 0.4) is 0 Å². The van der Waals surface area contributed by atoms with Crippen molar-refractivity contribution in [3.63, 3.8) is 0 Å². The minimum Gasteiger partial charge on any atom is -0.468 e. The molecule has 0 bridgehead atoms. The van der Waals surface area contributed by atoms with E-state index in [-0.39, 0.29) is 11.9 Å². The van der Waals surface area contributed by atoms with E-state index in [1.807, 2.05) is 23.1 Å². The van der Waals surface area contributed by atoms with Crippen LogP contribution in [0, 0.1) is 0 Å². The van der Waals surface area contributed by atoms with Crippen LogP contribution in [-0.2, 0) is 19.7 Å². The number of hydrogen-bond acceptors (Lipinski definition) is 5. The molecule has 1 amide bonds. The maximum Gasteiger partial charge on any atom is 0.315 e. The Kier molecular flexibility index (Phi) is 6.23. The smallest absolute Gasteiger partial charge is 0.315 e. The Morgan fingerprint density at radius 2 is 1.93 bits per heavy atom. The second kappa shape index (κ2) is 8.66. The van der Waals surface area contributed by atoms with Gasteiger partial charge in [-0.05, 0) is 50.1 Å². The van der Waals surface area contributed by atoms with Crippen LogP contribution in [0.1, 0.15) is 25.8 Å².